The van der Waals surface area contributed by atoms with E-state index in [1.54, 1.807) is 11.3 Å². The average molecular weight is 467 g/mol. The minimum absolute atomic E-state index is 0. The monoisotopic (exact) mass is 467 g/mol. The van der Waals surface area contributed by atoms with Gasteiger partial charge in [0.15, 0.2) is 5.96 Å². The lowest BCUT2D eigenvalue weighted by Gasteiger charge is -2.41. The quantitative estimate of drug-likeness (QED) is 0.382. The van der Waals surface area contributed by atoms with E-state index >= 15 is 0 Å². The van der Waals surface area contributed by atoms with Gasteiger partial charge in [-0.05, 0) is 27.7 Å². The maximum Gasteiger partial charge on any atom is 0.191 e. The van der Waals surface area contributed by atoms with Gasteiger partial charge in [0, 0.05) is 36.6 Å². The highest BCUT2D eigenvalue weighted by Crippen LogP contribution is 2.15. The molecule has 2 N–H and O–H groups in total. The van der Waals surface area contributed by atoms with Crippen LogP contribution in [0, 0.1) is 6.92 Å². The first-order valence-electron chi connectivity index (χ1n) is 8.27. The van der Waals surface area contributed by atoms with Crippen LogP contribution in [-0.2, 0) is 11.3 Å². The summed E-state index contributed by atoms with van der Waals surface area (Å²) < 4.78 is 5.45. The van der Waals surface area contributed by atoms with Gasteiger partial charge in [-0.3, -0.25) is 4.90 Å². The van der Waals surface area contributed by atoms with Crippen LogP contribution in [0.5, 0.6) is 0 Å². The van der Waals surface area contributed by atoms with Crippen molar-refractivity contribution in [2.45, 2.75) is 39.8 Å². The Kier molecular flexibility index (Phi) is 9.47. The van der Waals surface area contributed by atoms with E-state index in [-0.39, 0.29) is 29.5 Å². The van der Waals surface area contributed by atoms with Gasteiger partial charge >= 0.3 is 0 Å². The Labute approximate surface area is 166 Å². The lowest BCUT2D eigenvalue weighted by atomic mass is 10.0. The molecule has 24 heavy (non-hydrogen) atoms. The normalized spacial score (nSPS) is 16.6. The standard InChI is InChI=1S/C16H29N5OS.HI/c1-5-17-15(18-10-14-13(2)20-12-23-14)19-11-16(3,4)21-6-8-22-9-7-21;/h12H,5-11H2,1-4H3,(H2,17,18,19);1H. The van der Waals surface area contributed by atoms with Crippen molar-refractivity contribution in [3.05, 3.63) is 16.1 Å². The maximum absolute atomic E-state index is 5.45. The number of aryl methyl sites for hydroxylation is 1. The molecule has 0 aromatic carbocycles. The molecule has 1 fully saturated rings. The predicted octanol–water partition coefficient (Wildman–Crippen LogP) is 2.24. The summed E-state index contributed by atoms with van der Waals surface area (Å²) in [6.45, 7) is 14.6. The molecule has 0 bridgehead atoms. The van der Waals surface area contributed by atoms with Gasteiger partial charge in [0.1, 0.15) is 0 Å². The largest absolute Gasteiger partial charge is 0.379 e. The predicted molar refractivity (Wildman–Crippen MR) is 112 cm³/mol. The van der Waals surface area contributed by atoms with Gasteiger partial charge in [-0.25, -0.2) is 9.98 Å². The summed E-state index contributed by atoms with van der Waals surface area (Å²) in [6, 6.07) is 0. The highest BCUT2D eigenvalue weighted by Gasteiger charge is 2.28. The fraction of sp³-hybridized carbons (Fsp3) is 0.750. The fourth-order valence-corrected chi connectivity index (χ4v) is 3.25. The molecule has 1 aromatic heterocycles. The van der Waals surface area contributed by atoms with Crippen LogP contribution in [0.2, 0.25) is 0 Å². The number of thiazole rings is 1. The lowest BCUT2D eigenvalue weighted by Crippen LogP contribution is -2.56. The van der Waals surface area contributed by atoms with Gasteiger partial charge in [-0.1, -0.05) is 0 Å². The first kappa shape index (κ1) is 21.6. The van der Waals surface area contributed by atoms with Crippen LogP contribution in [0.25, 0.3) is 0 Å². The molecule has 2 rings (SSSR count). The third-order valence-corrected chi connectivity index (χ3v) is 5.05. The fourth-order valence-electron chi connectivity index (χ4n) is 2.55. The number of ether oxygens (including phenoxy) is 1. The molecular formula is C16H30IN5OS. The Balaban J connectivity index is 0.00000288. The molecule has 0 aliphatic carbocycles. The molecule has 0 spiro atoms. The maximum atomic E-state index is 5.45. The minimum Gasteiger partial charge on any atom is -0.379 e. The Bertz CT molecular complexity index is 514. The van der Waals surface area contributed by atoms with E-state index in [1.807, 2.05) is 12.4 Å². The SMILES string of the molecule is CCNC(=NCc1scnc1C)NCC(C)(C)N1CCOCC1.I. The number of morpholine rings is 1. The van der Waals surface area contributed by atoms with Gasteiger partial charge in [0.05, 0.1) is 31.0 Å². The highest BCUT2D eigenvalue weighted by atomic mass is 127. The van der Waals surface area contributed by atoms with Crippen molar-refractivity contribution in [2.24, 2.45) is 4.99 Å². The van der Waals surface area contributed by atoms with E-state index < -0.39 is 0 Å². The second kappa shape index (κ2) is 10.5. The van der Waals surface area contributed by atoms with Crippen LogP contribution in [0.1, 0.15) is 31.3 Å². The van der Waals surface area contributed by atoms with Crippen LogP contribution in [0.3, 0.4) is 0 Å². The summed E-state index contributed by atoms with van der Waals surface area (Å²) in [6.07, 6.45) is 0. The Morgan fingerprint density at radius 3 is 2.67 bits per heavy atom. The molecule has 1 aliphatic rings. The molecule has 1 saturated heterocycles. The van der Waals surface area contributed by atoms with Crippen molar-refractivity contribution in [3.63, 3.8) is 0 Å². The summed E-state index contributed by atoms with van der Waals surface area (Å²) in [7, 11) is 0. The number of aliphatic imine (C=N–C) groups is 1. The Hall–Kier alpha value is -0.450. The number of halogens is 1. The van der Waals surface area contributed by atoms with Crippen LogP contribution >= 0.6 is 35.3 Å². The van der Waals surface area contributed by atoms with Crippen molar-refractivity contribution in [2.75, 3.05) is 39.4 Å². The first-order chi connectivity index (χ1) is 11.0. The molecule has 0 radical (unpaired) electrons. The highest BCUT2D eigenvalue weighted by molar-refractivity contribution is 14.0. The average Bonchev–Trinajstić information content (AvgIpc) is 2.96. The van der Waals surface area contributed by atoms with Crippen LogP contribution in [0.15, 0.2) is 10.5 Å². The van der Waals surface area contributed by atoms with E-state index in [0.717, 1.165) is 51.0 Å². The molecule has 1 aliphatic heterocycles. The van der Waals surface area contributed by atoms with E-state index in [4.69, 9.17) is 4.74 Å². The molecule has 0 amide bonds. The zero-order chi connectivity index (χ0) is 16.7. The molecule has 0 atom stereocenters. The summed E-state index contributed by atoms with van der Waals surface area (Å²) in [5, 5.41) is 6.80. The zero-order valence-corrected chi connectivity index (χ0v) is 18.2. The van der Waals surface area contributed by atoms with Crippen LogP contribution in [-0.4, -0.2) is 60.8 Å². The summed E-state index contributed by atoms with van der Waals surface area (Å²) >= 11 is 1.66. The Morgan fingerprint density at radius 2 is 2.08 bits per heavy atom. The van der Waals surface area contributed by atoms with E-state index in [0.29, 0.717) is 6.54 Å². The van der Waals surface area contributed by atoms with Gasteiger partial charge in [0.25, 0.3) is 0 Å². The molecule has 6 nitrogen and oxygen atoms in total. The third kappa shape index (κ3) is 6.45. The number of rotatable bonds is 6. The second-order valence-corrected chi connectivity index (χ2v) is 7.26. The van der Waals surface area contributed by atoms with Gasteiger partial charge in [0.2, 0.25) is 0 Å². The van der Waals surface area contributed by atoms with Crippen molar-refractivity contribution in [1.29, 1.82) is 0 Å². The minimum atomic E-state index is 0. The van der Waals surface area contributed by atoms with Gasteiger partial charge in [-0.2, -0.15) is 0 Å². The molecular weight excluding hydrogens is 437 g/mol. The number of aromatic nitrogens is 1. The van der Waals surface area contributed by atoms with Crippen molar-refractivity contribution >= 4 is 41.3 Å². The lowest BCUT2D eigenvalue weighted by molar-refractivity contribution is -0.00834. The molecule has 0 saturated carbocycles. The molecule has 1 aromatic rings. The van der Waals surface area contributed by atoms with Gasteiger partial charge in [-0.15, -0.1) is 35.3 Å². The summed E-state index contributed by atoms with van der Waals surface area (Å²) in [5.74, 6) is 0.863. The molecule has 2 heterocycles. The number of nitrogens with zero attached hydrogens (tertiary/aromatic N) is 3. The van der Waals surface area contributed by atoms with Gasteiger partial charge < -0.3 is 15.4 Å². The zero-order valence-electron chi connectivity index (χ0n) is 15.1. The first-order valence-corrected chi connectivity index (χ1v) is 9.15. The van der Waals surface area contributed by atoms with E-state index in [9.17, 15) is 0 Å². The number of guanidine groups is 1. The van der Waals surface area contributed by atoms with Crippen LogP contribution < -0.4 is 10.6 Å². The number of nitrogens with one attached hydrogen (secondary N) is 2. The smallest absolute Gasteiger partial charge is 0.191 e. The summed E-state index contributed by atoms with van der Waals surface area (Å²) in [5.41, 5.74) is 3.02. The van der Waals surface area contributed by atoms with Crippen molar-refractivity contribution in [3.8, 4) is 0 Å². The van der Waals surface area contributed by atoms with Crippen molar-refractivity contribution in [1.82, 2.24) is 20.5 Å². The Morgan fingerprint density at radius 1 is 1.38 bits per heavy atom. The molecule has 0 unspecified atom stereocenters. The topological polar surface area (TPSA) is 61.8 Å². The third-order valence-electron chi connectivity index (χ3n) is 4.13. The van der Waals surface area contributed by atoms with E-state index in [1.165, 1.54) is 4.88 Å². The molecule has 8 heteroatoms. The van der Waals surface area contributed by atoms with Crippen LogP contribution in [0.4, 0.5) is 0 Å². The number of hydrogen-bond acceptors (Lipinski definition) is 5. The van der Waals surface area contributed by atoms with E-state index in [2.05, 4.69) is 46.3 Å². The second-order valence-electron chi connectivity index (χ2n) is 6.32. The molecule has 138 valence electrons. The van der Waals surface area contributed by atoms with Crippen molar-refractivity contribution < 1.29 is 4.74 Å². The summed E-state index contributed by atoms with van der Waals surface area (Å²) in [4.78, 5) is 12.7. The number of hydrogen-bond donors (Lipinski definition) is 2.